The van der Waals surface area contributed by atoms with Gasteiger partial charge < -0.3 is 9.47 Å². The number of thioether (sulfide) groups is 1. The molecule has 0 atom stereocenters. The van der Waals surface area contributed by atoms with Crippen LogP contribution in [0.4, 0.5) is 4.39 Å². The zero-order valence-corrected chi connectivity index (χ0v) is 19.8. The van der Waals surface area contributed by atoms with E-state index in [0.29, 0.717) is 38.3 Å². The number of hydrogen-bond donors (Lipinski definition) is 0. The van der Waals surface area contributed by atoms with E-state index in [-0.39, 0.29) is 18.3 Å². The maximum absolute atomic E-state index is 13.1. The molecule has 0 saturated carbocycles. The number of thiocarbonyl (C=S) groups is 1. The number of ether oxygens (including phenoxy) is 2. The Labute approximate surface area is 193 Å². The molecule has 2 aromatic carbocycles. The summed E-state index contributed by atoms with van der Waals surface area (Å²) >= 11 is 10.2. The normalized spacial score (nSPS) is 15.2. The van der Waals surface area contributed by atoms with Gasteiger partial charge in [0.25, 0.3) is 5.91 Å². The number of carbonyl (C=O) groups is 1. The molecule has 0 spiro atoms. The molecule has 1 amide bonds. The Bertz CT molecular complexity index is 979. The van der Waals surface area contributed by atoms with Crippen LogP contribution in [0.15, 0.2) is 45.8 Å². The number of nitrogens with zero attached hydrogens (tertiary/aromatic N) is 1. The minimum absolute atomic E-state index is 0.0717. The van der Waals surface area contributed by atoms with E-state index < -0.39 is 0 Å². The van der Waals surface area contributed by atoms with E-state index in [1.54, 1.807) is 17.0 Å². The minimum Gasteiger partial charge on any atom is -0.490 e. The lowest BCUT2D eigenvalue weighted by atomic mass is 10.1. The van der Waals surface area contributed by atoms with Crippen LogP contribution < -0.4 is 9.47 Å². The highest BCUT2D eigenvalue weighted by atomic mass is 79.9. The van der Waals surface area contributed by atoms with Gasteiger partial charge in [-0.05, 0) is 70.7 Å². The van der Waals surface area contributed by atoms with Crippen molar-refractivity contribution in [3.63, 3.8) is 0 Å². The zero-order chi connectivity index (χ0) is 21.7. The van der Waals surface area contributed by atoms with Gasteiger partial charge in [-0.3, -0.25) is 9.69 Å². The van der Waals surface area contributed by atoms with E-state index in [9.17, 15) is 9.18 Å². The van der Waals surface area contributed by atoms with E-state index in [1.165, 1.54) is 23.9 Å². The van der Waals surface area contributed by atoms with Gasteiger partial charge >= 0.3 is 0 Å². The monoisotopic (exact) mass is 509 g/mol. The van der Waals surface area contributed by atoms with E-state index >= 15 is 0 Å². The molecular weight excluding hydrogens is 489 g/mol. The molecule has 158 valence electrons. The van der Waals surface area contributed by atoms with E-state index in [4.69, 9.17) is 21.7 Å². The van der Waals surface area contributed by atoms with Gasteiger partial charge in [0, 0.05) is 6.54 Å². The van der Waals surface area contributed by atoms with Crippen molar-refractivity contribution in [2.45, 2.75) is 26.9 Å². The van der Waals surface area contributed by atoms with Gasteiger partial charge in [-0.1, -0.05) is 43.0 Å². The lowest BCUT2D eigenvalue weighted by Gasteiger charge is -2.15. The van der Waals surface area contributed by atoms with E-state index in [0.717, 1.165) is 17.5 Å². The summed E-state index contributed by atoms with van der Waals surface area (Å²) in [6.45, 7) is 5.25. The van der Waals surface area contributed by atoms with Crippen LogP contribution >= 0.6 is 39.9 Å². The quantitative estimate of drug-likeness (QED) is 0.314. The summed E-state index contributed by atoms with van der Waals surface area (Å²) in [6.07, 6.45) is 2.66. The Morgan fingerprint density at radius 1 is 1.20 bits per heavy atom. The first-order valence-electron chi connectivity index (χ1n) is 9.51. The Morgan fingerprint density at radius 3 is 2.60 bits per heavy atom. The third-order valence-corrected chi connectivity index (χ3v) is 6.21. The molecule has 0 radical (unpaired) electrons. The molecule has 1 fully saturated rings. The Hall–Kier alpha value is -1.90. The van der Waals surface area contributed by atoms with Crippen LogP contribution in [0.2, 0.25) is 0 Å². The Kier molecular flexibility index (Phi) is 7.91. The molecule has 0 unspecified atom stereocenters. The highest BCUT2D eigenvalue weighted by Crippen LogP contribution is 2.39. The van der Waals surface area contributed by atoms with Crippen molar-refractivity contribution in [3.05, 3.63) is 62.7 Å². The molecule has 1 saturated heterocycles. The number of amides is 1. The summed E-state index contributed by atoms with van der Waals surface area (Å²) in [4.78, 5) is 14.8. The van der Waals surface area contributed by atoms with Crippen molar-refractivity contribution in [2.75, 3.05) is 13.2 Å². The second kappa shape index (κ2) is 10.4. The second-order valence-corrected chi connectivity index (χ2v) is 9.04. The molecule has 2 aromatic rings. The summed E-state index contributed by atoms with van der Waals surface area (Å²) in [5.41, 5.74) is 1.64. The predicted octanol–water partition coefficient (Wildman–Crippen LogP) is 6.18. The van der Waals surface area contributed by atoms with Gasteiger partial charge in [-0.15, -0.1) is 0 Å². The molecule has 1 heterocycles. The third kappa shape index (κ3) is 5.42. The van der Waals surface area contributed by atoms with Crippen molar-refractivity contribution >= 4 is 56.2 Å². The lowest BCUT2D eigenvalue weighted by Crippen LogP contribution is -2.28. The van der Waals surface area contributed by atoms with E-state index in [1.807, 2.05) is 32.1 Å². The molecule has 0 N–H and O–H groups in total. The first-order valence-corrected chi connectivity index (χ1v) is 11.5. The van der Waals surface area contributed by atoms with Crippen molar-refractivity contribution in [1.82, 2.24) is 4.90 Å². The fourth-order valence-corrected chi connectivity index (χ4v) is 4.76. The highest BCUT2D eigenvalue weighted by Gasteiger charge is 2.31. The topological polar surface area (TPSA) is 38.8 Å². The molecule has 0 aromatic heterocycles. The lowest BCUT2D eigenvalue weighted by molar-refractivity contribution is -0.122. The van der Waals surface area contributed by atoms with Gasteiger partial charge in [0.2, 0.25) is 0 Å². The molecule has 8 heteroatoms. The molecule has 3 rings (SSSR count). The van der Waals surface area contributed by atoms with Crippen LogP contribution in [0, 0.1) is 5.82 Å². The molecular formula is C22H21BrFNO3S2. The van der Waals surface area contributed by atoms with Crippen molar-refractivity contribution in [2.24, 2.45) is 0 Å². The number of carbonyl (C=O) groups excluding carboxylic acids is 1. The molecule has 4 nitrogen and oxygen atoms in total. The number of halogens is 2. The van der Waals surface area contributed by atoms with Gasteiger partial charge in [0.05, 0.1) is 16.0 Å². The Balaban J connectivity index is 1.85. The fraction of sp³-hybridized carbons (Fsp3) is 0.273. The van der Waals surface area contributed by atoms with Gasteiger partial charge in [0.15, 0.2) is 11.5 Å². The summed E-state index contributed by atoms with van der Waals surface area (Å²) in [5.74, 6) is 0.752. The van der Waals surface area contributed by atoms with E-state index in [2.05, 4.69) is 15.9 Å². The second-order valence-electron chi connectivity index (χ2n) is 6.51. The molecule has 30 heavy (non-hydrogen) atoms. The SMILES string of the molecule is CCCN1C(=O)/C(=C\c2cc(Br)c(OCc3ccc(F)cc3)c(OCC)c2)SC1=S. The molecule has 0 aliphatic carbocycles. The smallest absolute Gasteiger partial charge is 0.266 e. The van der Waals surface area contributed by atoms with Gasteiger partial charge in [0.1, 0.15) is 16.7 Å². The Morgan fingerprint density at radius 2 is 1.93 bits per heavy atom. The summed E-state index contributed by atoms with van der Waals surface area (Å²) in [6, 6.07) is 9.85. The zero-order valence-electron chi connectivity index (χ0n) is 16.6. The van der Waals surface area contributed by atoms with Crippen LogP contribution in [-0.2, 0) is 11.4 Å². The highest BCUT2D eigenvalue weighted by molar-refractivity contribution is 9.10. The first-order chi connectivity index (χ1) is 14.4. The summed E-state index contributed by atoms with van der Waals surface area (Å²) in [5, 5.41) is 0. The van der Waals surface area contributed by atoms with Crippen LogP contribution in [0.3, 0.4) is 0 Å². The van der Waals surface area contributed by atoms with Gasteiger partial charge in [-0.2, -0.15) is 0 Å². The maximum atomic E-state index is 13.1. The van der Waals surface area contributed by atoms with Gasteiger partial charge in [-0.25, -0.2) is 4.39 Å². The average Bonchev–Trinajstić information content (AvgIpc) is 2.97. The molecule has 0 bridgehead atoms. The third-order valence-electron chi connectivity index (χ3n) is 4.25. The predicted molar refractivity (Wildman–Crippen MR) is 126 cm³/mol. The number of rotatable bonds is 8. The minimum atomic E-state index is -0.288. The summed E-state index contributed by atoms with van der Waals surface area (Å²) < 4.78 is 26.1. The largest absolute Gasteiger partial charge is 0.490 e. The standard InChI is InChI=1S/C22H21BrFNO3S2/c1-3-9-25-21(26)19(30-22(25)29)12-15-10-17(23)20(18(11-15)27-4-2)28-13-14-5-7-16(24)8-6-14/h5-8,10-12H,3-4,9,13H2,1-2H3/b19-12+. The van der Waals surface area contributed by atoms with Crippen LogP contribution in [0.25, 0.3) is 6.08 Å². The fourth-order valence-electron chi connectivity index (χ4n) is 2.88. The number of benzene rings is 2. The molecule has 1 aliphatic heterocycles. The summed E-state index contributed by atoms with van der Waals surface area (Å²) in [7, 11) is 0. The van der Waals surface area contributed by atoms with Crippen molar-refractivity contribution < 1.29 is 18.7 Å². The molecule has 1 aliphatic rings. The maximum Gasteiger partial charge on any atom is 0.266 e. The first kappa shape index (κ1) is 22.8. The number of hydrogen-bond acceptors (Lipinski definition) is 5. The van der Waals surface area contributed by atoms with Crippen LogP contribution in [0.5, 0.6) is 11.5 Å². The average molecular weight is 510 g/mol. The van der Waals surface area contributed by atoms with Crippen molar-refractivity contribution in [3.8, 4) is 11.5 Å². The van der Waals surface area contributed by atoms with Crippen LogP contribution in [0.1, 0.15) is 31.4 Å². The van der Waals surface area contributed by atoms with Crippen molar-refractivity contribution in [1.29, 1.82) is 0 Å². The van der Waals surface area contributed by atoms with Crippen LogP contribution in [-0.4, -0.2) is 28.3 Å².